The Hall–Kier alpha value is -2.84. The summed E-state index contributed by atoms with van der Waals surface area (Å²) >= 11 is 0. The minimum atomic E-state index is -0.262. The summed E-state index contributed by atoms with van der Waals surface area (Å²) in [5, 5.41) is 0. The van der Waals surface area contributed by atoms with Crippen LogP contribution in [0.4, 0.5) is 10.2 Å². The number of ether oxygens (including phenoxy) is 1. The van der Waals surface area contributed by atoms with Crippen LogP contribution in [0.25, 0.3) is 11.3 Å². The number of nitrogens with two attached hydrogens (primary N) is 1. The van der Waals surface area contributed by atoms with Gasteiger partial charge >= 0.3 is 0 Å². The number of aromatic nitrogens is 2. The minimum absolute atomic E-state index is 0.262. The molecule has 0 atom stereocenters. The van der Waals surface area contributed by atoms with Gasteiger partial charge in [-0.15, -0.1) is 0 Å². The molecule has 7 nitrogen and oxygen atoms in total. The van der Waals surface area contributed by atoms with Crippen LogP contribution < -0.4 is 10.6 Å². The van der Waals surface area contributed by atoms with Crippen molar-refractivity contribution in [1.29, 1.82) is 0 Å². The minimum Gasteiger partial charge on any atom is -0.404 e. The van der Waals surface area contributed by atoms with Gasteiger partial charge in [0.05, 0.1) is 13.2 Å². The standard InChI is InChI=1S/C21H27FN6O/c1-29-13-8-24-15-17(14-23)16-27-9-11-28(12-10-27)21-20(25-6-7-26-21)18-2-4-19(22)5-3-18/h2-7,14-15H,8-13,16,23H2,1H3/b17-14+,24-15?. The molecule has 1 aromatic carbocycles. The molecule has 2 N–H and O–H groups in total. The topological polar surface area (TPSA) is 79.9 Å². The molecule has 1 fully saturated rings. The highest BCUT2D eigenvalue weighted by Crippen LogP contribution is 2.27. The maximum atomic E-state index is 13.3. The zero-order chi connectivity index (χ0) is 20.5. The van der Waals surface area contributed by atoms with E-state index in [0.717, 1.165) is 55.4 Å². The third-order valence-electron chi connectivity index (χ3n) is 4.77. The Morgan fingerprint density at radius 1 is 1.17 bits per heavy atom. The first kappa shape index (κ1) is 20.9. The molecule has 1 aliphatic rings. The van der Waals surface area contributed by atoms with E-state index < -0.39 is 0 Å². The highest BCUT2D eigenvalue weighted by atomic mass is 19.1. The zero-order valence-electron chi connectivity index (χ0n) is 16.7. The molecular weight excluding hydrogens is 371 g/mol. The molecular formula is C21H27FN6O. The second kappa shape index (κ2) is 10.6. The summed E-state index contributed by atoms with van der Waals surface area (Å²) < 4.78 is 18.3. The lowest BCUT2D eigenvalue weighted by atomic mass is 10.1. The van der Waals surface area contributed by atoms with Crippen molar-refractivity contribution in [3.8, 4) is 11.3 Å². The Balaban J connectivity index is 1.61. The fraction of sp³-hybridized carbons (Fsp3) is 0.381. The number of rotatable bonds is 8. The van der Waals surface area contributed by atoms with Gasteiger partial charge in [-0.25, -0.2) is 9.37 Å². The lowest BCUT2D eigenvalue weighted by molar-refractivity contribution is 0.208. The van der Waals surface area contributed by atoms with Crippen LogP contribution in [0.2, 0.25) is 0 Å². The Morgan fingerprint density at radius 2 is 1.90 bits per heavy atom. The molecule has 0 unspecified atom stereocenters. The van der Waals surface area contributed by atoms with Crippen molar-refractivity contribution in [2.45, 2.75) is 0 Å². The molecule has 1 aliphatic heterocycles. The summed E-state index contributed by atoms with van der Waals surface area (Å²) in [6.45, 7) is 5.39. The molecule has 0 bridgehead atoms. The smallest absolute Gasteiger partial charge is 0.155 e. The molecule has 0 aliphatic carbocycles. The van der Waals surface area contributed by atoms with Gasteiger partial charge in [0.25, 0.3) is 0 Å². The SMILES string of the molecule is COCCN=C/C(=C\N)CN1CCN(c2nccnc2-c2ccc(F)cc2)CC1. The second-order valence-corrected chi connectivity index (χ2v) is 6.77. The average Bonchev–Trinajstić information content (AvgIpc) is 2.77. The number of hydrogen-bond acceptors (Lipinski definition) is 7. The van der Waals surface area contributed by atoms with E-state index in [1.165, 1.54) is 12.1 Å². The first-order valence-electron chi connectivity index (χ1n) is 9.65. The average molecular weight is 398 g/mol. The molecule has 0 saturated carbocycles. The van der Waals surface area contributed by atoms with E-state index >= 15 is 0 Å². The van der Waals surface area contributed by atoms with Gasteiger partial charge in [0.1, 0.15) is 11.5 Å². The molecule has 29 heavy (non-hydrogen) atoms. The van der Waals surface area contributed by atoms with Crippen LogP contribution in [0.1, 0.15) is 0 Å². The van der Waals surface area contributed by atoms with Gasteiger partial charge in [-0.05, 0) is 36.0 Å². The van der Waals surface area contributed by atoms with Gasteiger partial charge < -0.3 is 15.4 Å². The number of methoxy groups -OCH3 is 1. The van der Waals surface area contributed by atoms with E-state index in [9.17, 15) is 4.39 Å². The monoisotopic (exact) mass is 398 g/mol. The van der Waals surface area contributed by atoms with Crippen LogP contribution in [0.5, 0.6) is 0 Å². The van der Waals surface area contributed by atoms with Gasteiger partial charge in [0, 0.05) is 64.0 Å². The third kappa shape index (κ3) is 5.82. The first-order valence-corrected chi connectivity index (χ1v) is 9.65. The summed E-state index contributed by atoms with van der Waals surface area (Å²) in [5.74, 6) is 0.566. The van der Waals surface area contributed by atoms with E-state index in [-0.39, 0.29) is 5.82 Å². The Labute approximate surface area is 170 Å². The van der Waals surface area contributed by atoms with Crippen molar-refractivity contribution in [3.63, 3.8) is 0 Å². The van der Waals surface area contributed by atoms with Crippen molar-refractivity contribution in [2.24, 2.45) is 10.7 Å². The molecule has 2 aromatic rings. The van der Waals surface area contributed by atoms with Crippen LogP contribution in [0, 0.1) is 5.82 Å². The van der Waals surface area contributed by atoms with Crippen molar-refractivity contribution < 1.29 is 9.13 Å². The second-order valence-electron chi connectivity index (χ2n) is 6.77. The van der Waals surface area contributed by atoms with Crippen LogP contribution in [0.3, 0.4) is 0 Å². The summed E-state index contributed by atoms with van der Waals surface area (Å²) in [5.41, 5.74) is 8.37. The zero-order valence-corrected chi connectivity index (χ0v) is 16.7. The van der Waals surface area contributed by atoms with Crippen LogP contribution in [-0.4, -0.2) is 74.1 Å². The predicted octanol–water partition coefficient (Wildman–Crippen LogP) is 1.96. The molecule has 1 aromatic heterocycles. The van der Waals surface area contributed by atoms with Crippen LogP contribution in [-0.2, 0) is 4.74 Å². The van der Waals surface area contributed by atoms with E-state index in [4.69, 9.17) is 10.5 Å². The van der Waals surface area contributed by atoms with Crippen molar-refractivity contribution in [1.82, 2.24) is 14.9 Å². The van der Waals surface area contributed by atoms with Crippen LogP contribution >= 0.6 is 0 Å². The fourth-order valence-electron chi connectivity index (χ4n) is 3.21. The summed E-state index contributed by atoms with van der Waals surface area (Å²) in [4.78, 5) is 17.9. The Kier molecular flexibility index (Phi) is 7.66. The van der Waals surface area contributed by atoms with Gasteiger partial charge in [0.2, 0.25) is 0 Å². The van der Waals surface area contributed by atoms with Crippen molar-refractivity contribution in [3.05, 3.63) is 54.2 Å². The van der Waals surface area contributed by atoms with Gasteiger partial charge in [-0.2, -0.15) is 0 Å². The molecule has 0 amide bonds. The van der Waals surface area contributed by atoms with E-state index in [2.05, 4.69) is 24.8 Å². The molecule has 154 valence electrons. The highest BCUT2D eigenvalue weighted by molar-refractivity contribution is 5.78. The lowest BCUT2D eigenvalue weighted by Gasteiger charge is -2.36. The maximum absolute atomic E-state index is 13.3. The lowest BCUT2D eigenvalue weighted by Crippen LogP contribution is -2.47. The summed E-state index contributed by atoms with van der Waals surface area (Å²) in [6.07, 6.45) is 6.79. The van der Waals surface area contributed by atoms with E-state index in [0.29, 0.717) is 13.2 Å². The molecule has 1 saturated heterocycles. The van der Waals surface area contributed by atoms with Crippen molar-refractivity contribution in [2.75, 3.05) is 57.9 Å². The van der Waals surface area contributed by atoms with Gasteiger partial charge in [0.15, 0.2) is 5.82 Å². The molecule has 0 spiro atoms. The number of aliphatic imine (C=N–C) groups is 1. The highest BCUT2D eigenvalue weighted by Gasteiger charge is 2.21. The van der Waals surface area contributed by atoms with Gasteiger partial charge in [-0.1, -0.05) is 0 Å². The molecule has 8 heteroatoms. The Morgan fingerprint density at radius 3 is 2.59 bits per heavy atom. The quantitative estimate of drug-likeness (QED) is 0.541. The number of benzene rings is 1. The number of nitrogens with zero attached hydrogens (tertiary/aromatic N) is 5. The molecule has 2 heterocycles. The number of hydrogen-bond donors (Lipinski definition) is 1. The number of anilines is 1. The largest absolute Gasteiger partial charge is 0.404 e. The number of halogens is 1. The number of piperazine rings is 1. The van der Waals surface area contributed by atoms with E-state index in [1.807, 2.05) is 6.21 Å². The summed E-state index contributed by atoms with van der Waals surface area (Å²) in [7, 11) is 1.66. The van der Waals surface area contributed by atoms with Crippen LogP contribution in [0.15, 0.2) is 53.4 Å². The molecule has 0 radical (unpaired) electrons. The predicted molar refractivity (Wildman–Crippen MR) is 114 cm³/mol. The molecule has 3 rings (SSSR count). The van der Waals surface area contributed by atoms with E-state index in [1.54, 1.807) is 37.8 Å². The Bertz CT molecular complexity index is 831. The maximum Gasteiger partial charge on any atom is 0.155 e. The first-order chi connectivity index (χ1) is 14.2. The summed E-state index contributed by atoms with van der Waals surface area (Å²) in [6, 6.07) is 6.36. The fourth-order valence-corrected chi connectivity index (χ4v) is 3.21. The van der Waals surface area contributed by atoms with Gasteiger partial charge in [-0.3, -0.25) is 14.9 Å². The third-order valence-corrected chi connectivity index (χ3v) is 4.77. The van der Waals surface area contributed by atoms with Crippen molar-refractivity contribution >= 4 is 12.0 Å². The normalized spacial score (nSPS) is 15.9.